The molecule has 4 aromatic rings. The molecule has 0 aliphatic heterocycles. The molecule has 4 aromatic carbocycles. The van der Waals surface area contributed by atoms with Gasteiger partial charge in [-0.05, 0) is 72.8 Å². The molecule has 0 unspecified atom stereocenters. The van der Waals surface area contributed by atoms with Gasteiger partial charge in [-0.1, -0.05) is 18.2 Å². The average Bonchev–Trinajstić information content (AvgIpc) is 2.73. The van der Waals surface area contributed by atoms with E-state index in [0.717, 1.165) is 0 Å². The lowest BCUT2D eigenvalue weighted by Gasteiger charge is -2.13. The van der Waals surface area contributed by atoms with Crippen molar-refractivity contribution in [3.63, 3.8) is 0 Å². The van der Waals surface area contributed by atoms with Crippen molar-refractivity contribution in [2.45, 2.75) is 0 Å². The van der Waals surface area contributed by atoms with Crippen LogP contribution in [0.2, 0.25) is 0 Å². The lowest BCUT2D eigenvalue weighted by atomic mass is 10.3. The van der Waals surface area contributed by atoms with Gasteiger partial charge in [0.2, 0.25) is 0 Å². The summed E-state index contributed by atoms with van der Waals surface area (Å²) in [5, 5.41) is 0. The van der Waals surface area contributed by atoms with E-state index in [0.29, 0.717) is 45.9 Å². The van der Waals surface area contributed by atoms with E-state index in [1.807, 2.05) is 72.8 Å². The molecule has 4 N–H and O–H groups in total. The highest BCUT2D eigenvalue weighted by molar-refractivity contribution is 5.49. The van der Waals surface area contributed by atoms with Gasteiger partial charge in [-0.2, -0.15) is 0 Å². The molecule has 0 aromatic heterocycles. The second-order valence-corrected chi connectivity index (χ2v) is 6.37. The van der Waals surface area contributed by atoms with E-state index in [1.54, 1.807) is 24.3 Å². The molecular weight excluding hydrogens is 364 g/mol. The number of hydrogen-bond acceptors (Lipinski definition) is 5. The molecular formula is C24H20N2O3. The minimum Gasteiger partial charge on any atom is -0.457 e. The molecule has 5 nitrogen and oxygen atoms in total. The molecule has 0 saturated carbocycles. The van der Waals surface area contributed by atoms with Crippen molar-refractivity contribution in [3.8, 4) is 34.5 Å². The van der Waals surface area contributed by atoms with E-state index in [1.165, 1.54) is 0 Å². The summed E-state index contributed by atoms with van der Waals surface area (Å²) in [5.41, 5.74) is 12.8. The summed E-state index contributed by atoms with van der Waals surface area (Å²) in [4.78, 5) is 0. The second kappa shape index (κ2) is 8.27. The molecule has 0 fully saturated rings. The van der Waals surface area contributed by atoms with Crippen molar-refractivity contribution in [1.29, 1.82) is 0 Å². The Balaban J connectivity index is 1.52. The van der Waals surface area contributed by atoms with Crippen LogP contribution in [0.1, 0.15) is 0 Å². The maximum Gasteiger partial charge on any atom is 0.169 e. The summed E-state index contributed by atoms with van der Waals surface area (Å²) in [6, 6.07) is 29.3. The van der Waals surface area contributed by atoms with Crippen LogP contribution in [0.4, 0.5) is 11.4 Å². The number of hydrogen-bond donors (Lipinski definition) is 2. The van der Waals surface area contributed by atoms with Gasteiger partial charge in [0.25, 0.3) is 0 Å². The highest BCUT2D eigenvalue weighted by atomic mass is 16.5. The van der Waals surface area contributed by atoms with Gasteiger partial charge >= 0.3 is 0 Å². The largest absolute Gasteiger partial charge is 0.457 e. The van der Waals surface area contributed by atoms with Crippen LogP contribution in [-0.4, -0.2) is 0 Å². The third kappa shape index (κ3) is 4.78. The highest BCUT2D eigenvalue weighted by Gasteiger charge is 2.08. The predicted molar refractivity (Wildman–Crippen MR) is 115 cm³/mol. The number of benzene rings is 4. The molecule has 0 aliphatic rings. The Morgan fingerprint density at radius 3 is 1.41 bits per heavy atom. The molecule has 144 valence electrons. The molecule has 4 rings (SSSR count). The van der Waals surface area contributed by atoms with Crippen molar-refractivity contribution in [2.24, 2.45) is 0 Å². The molecule has 0 amide bonds. The molecule has 5 heteroatoms. The highest BCUT2D eigenvalue weighted by Crippen LogP contribution is 2.36. The number of anilines is 2. The standard InChI is InChI=1S/C24H20N2O3/c25-17-8-12-19(13-9-17)27-21-4-3-5-22(16-21)29-24-7-2-1-6-23(24)28-20-14-10-18(26)11-15-20/h1-16H,25-26H2. The Kier molecular flexibility index (Phi) is 5.21. The maximum atomic E-state index is 6.05. The van der Waals surface area contributed by atoms with E-state index in [4.69, 9.17) is 25.7 Å². The fourth-order valence-electron chi connectivity index (χ4n) is 2.68. The van der Waals surface area contributed by atoms with Crippen LogP contribution in [-0.2, 0) is 0 Å². The van der Waals surface area contributed by atoms with Gasteiger partial charge in [0, 0.05) is 17.4 Å². The number of ether oxygens (including phenoxy) is 3. The summed E-state index contributed by atoms with van der Waals surface area (Å²) in [7, 11) is 0. The third-order valence-electron chi connectivity index (χ3n) is 4.11. The Bertz CT molecular complexity index is 1090. The first-order chi connectivity index (χ1) is 14.2. The number of para-hydroxylation sites is 2. The minimum absolute atomic E-state index is 0.592. The van der Waals surface area contributed by atoms with E-state index in [2.05, 4.69) is 0 Å². The zero-order valence-corrected chi connectivity index (χ0v) is 15.6. The predicted octanol–water partition coefficient (Wildman–Crippen LogP) is 6.23. The summed E-state index contributed by atoms with van der Waals surface area (Å²) >= 11 is 0. The van der Waals surface area contributed by atoms with Crippen LogP contribution in [0.15, 0.2) is 97.1 Å². The van der Waals surface area contributed by atoms with Crippen LogP contribution in [0.25, 0.3) is 0 Å². The zero-order valence-electron chi connectivity index (χ0n) is 15.6. The first-order valence-electron chi connectivity index (χ1n) is 9.09. The lowest BCUT2D eigenvalue weighted by molar-refractivity contribution is 0.415. The van der Waals surface area contributed by atoms with Crippen LogP contribution >= 0.6 is 0 Å². The molecule has 29 heavy (non-hydrogen) atoms. The monoisotopic (exact) mass is 384 g/mol. The molecule has 0 spiro atoms. The minimum atomic E-state index is 0.592. The van der Waals surface area contributed by atoms with Crippen LogP contribution in [0, 0.1) is 0 Å². The van der Waals surface area contributed by atoms with Crippen molar-refractivity contribution < 1.29 is 14.2 Å². The van der Waals surface area contributed by atoms with Crippen molar-refractivity contribution in [2.75, 3.05) is 11.5 Å². The van der Waals surface area contributed by atoms with Crippen LogP contribution in [0.5, 0.6) is 34.5 Å². The number of nitrogen functional groups attached to an aromatic ring is 2. The Morgan fingerprint density at radius 2 is 0.862 bits per heavy atom. The van der Waals surface area contributed by atoms with E-state index in [9.17, 15) is 0 Å². The van der Waals surface area contributed by atoms with Crippen LogP contribution < -0.4 is 25.7 Å². The van der Waals surface area contributed by atoms with Gasteiger partial charge in [0.05, 0.1) is 0 Å². The van der Waals surface area contributed by atoms with Crippen molar-refractivity contribution in [1.82, 2.24) is 0 Å². The Morgan fingerprint density at radius 1 is 0.414 bits per heavy atom. The molecule has 0 atom stereocenters. The van der Waals surface area contributed by atoms with Gasteiger partial charge in [-0.3, -0.25) is 0 Å². The number of rotatable bonds is 6. The van der Waals surface area contributed by atoms with Gasteiger partial charge in [-0.15, -0.1) is 0 Å². The van der Waals surface area contributed by atoms with E-state index >= 15 is 0 Å². The van der Waals surface area contributed by atoms with Gasteiger partial charge in [0.15, 0.2) is 11.5 Å². The molecule has 0 bridgehead atoms. The fraction of sp³-hybridized carbons (Fsp3) is 0. The normalized spacial score (nSPS) is 10.3. The molecule has 0 radical (unpaired) electrons. The van der Waals surface area contributed by atoms with Gasteiger partial charge in [-0.25, -0.2) is 0 Å². The molecule has 0 saturated heterocycles. The Hall–Kier alpha value is -4.12. The quantitative estimate of drug-likeness (QED) is 0.385. The first-order valence-corrected chi connectivity index (χ1v) is 9.09. The smallest absolute Gasteiger partial charge is 0.169 e. The zero-order chi connectivity index (χ0) is 20.1. The summed E-state index contributed by atoms with van der Waals surface area (Å²) in [6.45, 7) is 0. The van der Waals surface area contributed by atoms with Gasteiger partial charge in [0.1, 0.15) is 23.0 Å². The van der Waals surface area contributed by atoms with E-state index < -0.39 is 0 Å². The van der Waals surface area contributed by atoms with Gasteiger partial charge < -0.3 is 25.7 Å². The molecule has 0 heterocycles. The SMILES string of the molecule is Nc1ccc(Oc2cccc(Oc3ccccc3Oc3ccc(N)cc3)c2)cc1. The average molecular weight is 384 g/mol. The Labute approximate surface area is 169 Å². The third-order valence-corrected chi connectivity index (χ3v) is 4.11. The van der Waals surface area contributed by atoms with Crippen molar-refractivity contribution >= 4 is 11.4 Å². The van der Waals surface area contributed by atoms with E-state index in [-0.39, 0.29) is 0 Å². The summed E-state index contributed by atoms with van der Waals surface area (Å²) in [5.74, 6) is 3.85. The van der Waals surface area contributed by atoms with Crippen LogP contribution in [0.3, 0.4) is 0 Å². The summed E-state index contributed by atoms with van der Waals surface area (Å²) in [6.07, 6.45) is 0. The molecule has 0 aliphatic carbocycles. The first kappa shape index (κ1) is 18.3. The second-order valence-electron chi connectivity index (χ2n) is 6.37. The number of nitrogens with two attached hydrogens (primary N) is 2. The van der Waals surface area contributed by atoms with Crippen molar-refractivity contribution in [3.05, 3.63) is 97.1 Å². The summed E-state index contributed by atoms with van der Waals surface area (Å²) < 4.78 is 17.9. The topological polar surface area (TPSA) is 79.7 Å². The lowest BCUT2D eigenvalue weighted by Crippen LogP contribution is -1.91. The maximum absolute atomic E-state index is 6.05. The fourth-order valence-corrected chi connectivity index (χ4v) is 2.68.